The first-order valence-corrected chi connectivity index (χ1v) is 7.94. The van der Waals surface area contributed by atoms with E-state index >= 15 is 0 Å². The van der Waals surface area contributed by atoms with Crippen LogP contribution in [-0.2, 0) is 0 Å². The molecule has 0 saturated heterocycles. The number of phenols is 1. The Balaban J connectivity index is 2.19. The molecule has 1 aromatic carbocycles. The second-order valence-corrected chi connectivity index (χ2v) is 5.83. The zero-order chi connectivity index (χ0) is 14.5. The molecule has 0 radical (unpaired) electrons. The Morgan fingerprint density at radius 2 is 2.00 bits per heavy atom. The first kappa shape index (κ1) is 15.2. The Labute approximate surface area is 123 Å². The number of benzene rings is 1. The van der Waals surface area contributed by atoms with Gasteiger partial charge in [-0.05, 0) is 39.8 Å². The van der Waals surface area contributed by atoms with E-state index in [1.165, 1.54) is 32.1 Å². The van der Waals surface area contributed by atoms with Gasteiger partial charge >= 0.3 is 0 Å². The Hall–Kier alpha value is -1.22. The van der Waals surface area contributed by atoms with Gasteiger partial charge in [-0.25, -0.2) is 0 Å². The molecule has 0 bridgehead atoms. The molecule has 1 saturated carbocycles. The van der Waals surface area contributed by atoms with Crippen molar-refractivity contribution in [1.82, 2.24) is 5.32 Å². The lowest BCUT2D eigenvalue weighted by Crippen LogP contribution is -2.36. The molecule has 2 N–H and O–H groups in total. The van der Waals surface area contributed by atoms with Gasteiger partial charge in [-0.1, -0.05) is 25.3 Å². The topological polar surface area (TPSA) is 35.5 Å². The average molecular weight is 276 g/mol. The maximum absolute atomic E-state index is 10.3. The summed E-state index contributed by atoms with van der Waals surface area (Å²) in [5.41, 5.74) is 2.12. The van der Waals surface area contributed by atoms with Crippen LogP contribution in [0.25, 0.3) is 0 Å². The number of hydrogen-bond donors (Lipinski definition) is 2. The van der Waals surface area contributed by atoms with Crippen LogP contribution in [0.3, 0.4) is 0 Å². The standard InChI is InChI=1S/C17H28N2O/c1-4-19(14-8-6-5-7-9-14)15-10-11-16(13(2)18-3)17(20)12-15/h10-14,18,20H,4-9H2,1-3H3. The Morgan fingerprint density at radius 1 is 1.30 bits per heavy atom. The number of hydrogen-bond acceptors (Lipinski definition) is 3. The molecule has 1 aliphatic rings. The summed E-state index contributed by atoms with van der Waals surface area (Å²) in [4.78, 5) is 2.45. The molecular weight excluding hydrogens is 248 g/mol. The highest BCUT2D eigenvalue weighted by molar-refractivity contribution is 5.54. The number of phenolic OH excluding ortho intramolecular Hbond substituents is 1. The van der Waals surface area contributed by atoms with Crippen LogP contribution in [0.2, 0.25) is 0 Å². The van der Waals surface area contributed by atoms with Crippen molar-refractivity contribution in [3.8, 4) is 5.75 Å². The molecule has 0 aliphatic heterocycles. The summed E-state index contributed by atoms with van der Waals surface area (Å²) in [5, 5.41) is 13.4. The normalized spacial score (nSPS) is 17.9. The molecule has 1 atom stereocenters. The highest BCUT2D eigenvalue weighted by Gasteiger charge is 2.21. The quantitative estimate of drug-likeness (QED) is 0.858. The molecule has 0 heterocycles. The Kier molecular flexibility index (Phi) is 5.30. The molecule has 20 heavy (non-hydrogen) atoms. The van der Waals surface area contributed by atoms with E-state index in [4.69, 9.17) is 0 Å². The van der Waals surface area contributed by atoms with Crippen molar-refractivity contribution in [2.75, 3.05) is 18.5 Å². The van der Waals surface area contributed by atoms with E-state index in [0.29, 0.717) is 11.8 Å². The highest BCUT2D eigenvalue weighted by Crippen LogP contribution is 2.32. The molecule has 0 aromatic heterocycles. The van der Waals surface area contributed by atoms with E-state index in [-0.39, 0.29) is 6.04 Å². The summed E-state index contributed by atoms with van der Waals surface area (Å²) in [7, 11) is 1.92. The summed E-state index contributed by atoms with van der Waals surface area (Å²) >= 11 is 0. The summed E-state index contributed by atoms with van der Waals surface area (Å²) in [6, 6.07) is 6.95. The van der Waals surface area contributed by atoms with Crippen LogP contribution in [0.4, 0.5) is 5.69 Å². The third-order valence-electron chi connectivity index (χ3n) is 4.60. The first-order valence-electron chi connectivity index (χ1n) is 7.94. The molecule has 2 rings (SSSR count). The van der Waals surface area contributed by atoms with Crippen LogP contribution in [0.1, 0.15) is 57.6 Å². The molecule has 1 fully saturated rings. The van der Waals surface area contributed by atoms with E-state index in [2.05, 4.69) is 36.2 Å². The molecule has 1 aliphatic carbocycles. The van der Waals surface area contributed by atoms with Gasteiger partial charge < -0.3 is 15.3 Å². The van der Waals surface area contributed by atoms with Crippen molar-refractivity contribution in [3.05, 3.63) is 23.8 Å². The fourth-order valence-electron chi connectivity index (χ4n) is 3.28. The average Bonchev–Trinajstić information content (AvgIpc) is 2.48. The third kappa shape index (κ3) is 3.26. The predicted octanol–water partition coefficient (Wildman–Crippen LogP) is 3.83. The molecule has 3 heteroatoms. The van der Waals surface area contributed by atoms with Crippen LogP contribution in [0.5, 0.6) is 5.75 Å². The molecule has 1 unspecified atom stereocenters. The van der Waals surface area contributed by atoms with Crippen LogP contribution >= 0.6 is 0 Å². The zero-order valence-electron chi connectivity index (χ0n) is 13.0. The Bertz CT molecular complexity index is 427. The fraction of sp³-hybridized carbons (Fsp3) is 0.647. The molecule has 0 amide bonds. The van der Waals surface area contributed by atoms with E-state index in [9.17, 15) is 5.11 Å². The van der Waals surface area contributed by atoms with E-state index in [1.807, 2.05) is 13.1 Å². The van der Waals surface area contributed by atoms with Gasteiger partial charge in [0.15, 0.2) is 0 Å². The van der Waals surface area contributed by atoms with Crippen molar-refractivity contribution in [2.45, 2.75) is 58.0 Å². The molecule has 1 aromatic rings. The van der Waals surface area contributed by atoms with Crippen molar-refractivity contribution in [1.29, 1.82) is 0 Å². The van der Waals surface area contributed by atoms with Crippen molar-refractivity contribution < 1.29 is 5.11 Å². The summed E-state index contributed by atoms with van der Waals surface area (Å²) in [6.07, 6.45) is 6.61. The summed E-state index contributed by atoms with van der Waals surface area (Å²) in [5.74, 6) is 0.401. The first-order chi connectivity index (χ1) is 9.67. The highest BCUT2D eigenvalue weighted by atomic mass is 16.3. The minimum atomic E-state index is 0.175. The van der Waals surface area contributed by atoms with Crippen molar-refractivity contribution >= 4 is 5.69 Å². The monoisotopic (exact) mass is 276 g/mol. The van der Waals surface area contributed by atoms with Gasteiger partial charge in [0.25, 0.3) is 0 Å². The van der Waals surface area contributed by atoms with E-state index in [1.54, 1.807) is 0 Å². The van der Waals surface area contributed by atoms with E-state index < -0.39 is 0 Å². The number of nitrogens with zero attached hydrogens (tertiary/aromatic N) is 1. The molecule has 3 nitrogen and oxygen atoms in total. The summed E-state index contributed by atoms with van der Waals surface area (Å²) < 4.78 is 0. The van der Waals surface area contributed by atoms with Gasteiger partial charge in [0.05, 0.1) is 0 Å². The summed E-state index contributed by atoms with van der Waals surface area (Å²) in [6.45, 7) is 5.27. The predicted molar refractivity (Wildman–Crippen MR) is 85.5 cm³/mol. The van der Waals surface area contributed by atoms with Crippen LogP contribution in [0.15, 0.2) is 18.2 Å². The second kappa shape index (κ2) is 6.98. The minimum Gasteiger partial charge on any atom is -0.508 e. The van der Waals surface area contributed by atoms with Crippen molar-refractivity contribution in [2.24, 2.45) is 0 Å². The van der Waals surface area contributed by atoms with Gasteiger partial charge in [-0.15, -0.1) is 0 Å². The smallest absolute Gasteiger partial charge is 0.122 e. The molecular formula is C17H28N2O. The SMILES string of the molecule is CCN(c1ccc(C(C)NC)c(O)c1)C1CCCCC1. The van der Waals surface area contributed by atoms with Gasteiger partial charge in [0.1, 0.15) is 5.75 Å². The number of aromatic hydroxyl groups is 1. The molecule has 112 valence electrons. The van der Waals surface area contributed by atoms with Gasteiger partial charge in [0, 0.05) is 35.9 Å². The lowest BCUT2D eigenvalue weighted by atomic mass is 9.93. The van der Waals surface area contributed by atoms with Gasteiger partial charge in [-0.2, -0.15) is 0 Å². The van der Waals surface area contributed by atoms with Crippen LogP contribution in [0, 0.1) is 0 Å². The minimum absolute atomic E-state index is 0.175. The number of nitrogens with one attached hydrogen (secondary N) is 1. The Morgan fingerprint density at radius 3 is 2.55 bits per heavy atom. The fourth-order valence-corrected chi connectivity index (χ4v) is 3.28. The number of anilines is 1. The lowest BCUT2D eigenvalue weighted by molar-refractivity contribution is 0.417. The third-order valence-corrected chi connectivity index (χ3v) is 4.60. The maximum Gasteiger partial charge on any atom is 0.122 e. The van der Waals surface area contributed by atoms with Crippen molar-refractivity contribution in [3.63, 3.8) is 0 Å². The largest absolute Gasteiger partial charge is 0.508 e. The zero-order valence-corrected chi connectivity index (χ0v) is 13.0. The van der Waals surface area contributed by atoms with Crippen LogP contribution < -0.4 is 10.2 Å². The van der Waals surface area contributed by atoms with Crippen LogP contribution in [-0.4, -0.2) is 24.7 Å². The van der Waals surface area contributed by atoms with Gasteiger partial charge in [-0.3, -0.25) is 0 Å². The van der Waals surface area contributed by atoms with Gasteiger partial charge in [0.2, 0.25) is 0 Å². The number of rotatable bonds is 5. The van der Waals surface area contributed by atoms with E-state index in [0.717, 1.165) is 17.8 Å². The second-order valence-electron chi connectivity index (χ2n) is 5.83. The molecule has 0 spiro atoms. The lowest BCUT2D eigenvalue weighted by Gasteiger charge is -2.35. The maximum atomic E-state index is 10.3.